The van der Waals surface area contributed by atoms with E-state index in [1.54, 1.807) is 6.20 Å². The topological polar surface area (TPSA) is 42.1 Å². The van der Waals surface area contributed by atoms with Crippen molar-refractivity contribution in [1.29, 1.82) is 0 Å². The lowest BCUT2D eigenvalue weighted by molar-refractivity contribution is 0.940. The minimum absolute atomic E-state index is 0.482. The van der Waals surface area contributed by atoms with E-state index in [1.165, 1.54) is 0 Å². The first-order valence-electron chi connectivity index (χ1n) is 6.00. The zero-order valence-corrected chi connectivity index (χ0v) is 13.8. The lowest BCUT2D eigenvalue weighted by Gasteiger charge is -2.24. The molecule has 0 radical (unpaired) electrons. The number of thiocarbonyl (C=S) groups is 1. The normalized spacial score (nSPS) is 10.3. The Hall–Kier alpha value is -1.17. The number of aromatic nitrogens is 1. The molecule has 0 aliphatic rings. The van der Waals surface area contributed by atoms with Crippen molar-refractivity contribution in [3.05, 3.63) is 52.1 Å². The zero-order chi connectivity index (χ0) is 14.5. The Kier molecular flexibility index (Phi) is 5.34. The van der Waals surface area contributed by atoms with E-state index in [1.807, 2.05) is 36.4 Å². The molecule has 2 rings (SSSR count). The predicted octanol–water partition coefficient (Wildman–Crippen LogP) is 4.31. The first-order valence-corrected chi connectivity index (χ1v) is 7.58. The molecule has 1 aromatic heterocycles. The number of halogens is 2. The molecule has 0 unspecified atom stereocenters. The monoisotopic (exact) mass is 369 g/mol. The standard InChI is InChI=1S/C14H13BrClN3S/c15-12-8-10(16)9-18-14(12)19(7-6-13(17)20)11-4-2-1-3-5-11/h1-5,8-9H,6-7H2,(H2,17,20). The highest BCUT2D eigenvalue weighted by atomic mass is 79.9. The van der Waals surface area contributed by atoms with Crippen LogP contribution in [0.4, 0.5) is 11.5 Å². The maximum Gasteiger partial charge on any atom is 0.147 e. The molecule has 104 valence electrons. The van der Waals surface area contributed by atoms with Crippen molar-refractivity contribution >= 4 is 56.2 Å². The summed E-state index contributed by atoms with van der Waals surface area (Å²) in [5, 5.41) is 0.586. The van der Waals surface area contributed by atoms with E-state index in [2.05, 4.69) is 25.8 Å². The molecule has 1 aromatic carbocycles. The second-order valence-electron chi connectivity index (χ2n) is 4.16. The van der Waals surface area contributed by atoms with Gasteiger partial charge in [0.15, 0.2) is 0 Å². The van der Waals surface area contributed by atoms with Crippen LogP contribution in [0.25, 0.3) is 0 Å². The van der Waals surface area contributed by atoms with Crippen molar-refractivity contribution in [2.75, 3.05) is 11.4 Å². The Balaban J connectivity index is 2.37. The van der Waals surface area contributed by atoms with Crippen LogP contribution in [-0.2, 0) is 0 Å². The van der Waals surface area contributed by atoms with Gasteiger partial charge >= 0.3 is 0 Å². The molecule has 0 saturated carbocycles. The van der Waals surface area contributed by atoms with Crippen molar-refractivity contribution in [1.82, 2.24) is 4.98 Å². The maximum atomic E-state index is 5.94. The van der Waals surface area contributed by atoms with E-state index >= 15 is 0 Å². The van der Waals surface area contributed by atoms with Gasteiger partial charge in [-0.3, -0.25) is 0 Å². The summed E-state index contributed by atoms with van der Waals surface area (Å²) < 4.78 is 0.830. The van der Waals surface area contributed by atoms with Crippen LogP contribution < -0.4 is 10.6 Å². The molecule has 2 N–H and O–H groups in total. The number of pyridine rings is 1. The SMILES string of the molecule is NC(=S)CCN(c1ccccc1)c1ncc(Cl)cc1Br. The van der Waals surface area contributed by atoms with Gasteiger partial charge in [-0.2, -0.15) is 0 Å². The van der Waals surface area contributed by atoms with Gasteiger partial charge in [0.1, 0.15) is 5.82 Å². The highest BCUT2D eigenvalue weighted by Gasteiger charge is 2.14. The molecule has 0 atom stereocenters. The lowest BCUT2D eigenvalue weighted by atomic mass is 10.2. The lowest BCUT2D eigenvalue weighted by Crippen LogP contribution is -2.24. The fourth-order valence-electron chi connectivity index (χ4n) is 1.79. The van der Waals surface area contributed by atoms with Crippen molar-refractivity contribution in [2.45, 2.75) is 6.42 Å². The molecule has 0 saturated heterocycles. The molecule has 0 aliphatic heterocycles. The van der Waals surface area contributed by atoms with Crippen LogP contribution in [0.2, 0.25) is 5.02 Å². The van der Waals surface area contributed by atoms with E-state index in [-0.39, 0.29) is 0 Å². The molecule has 20 heavy (non-hydrogen) atoms. The van der Waals surface area contributed by atoms with Crippen LogP contribution in [0.3, 0.4) is 0 Å². The molecule has 1 heterocycles. The van der Waals surface area contributed by atoms with Crippen molar-refractivity contribution < 1.29 is 0 Å². The number of anilines is 2. The Labute approximate surface area is 136 Å². The molecule has 0 spiro atoms. The molecule has 0 fully saturated rings. The summed E-state index contributed by atoms with van der Waals surface area (Å²) in [4.78, 5) is 6.93. The first kappa shape index (κ1) is 15.2. The predicted molar refractivity (Wildman–Crippen MR) is 91.8 cm³/mol. The summed E-state index contributed by atoms with van der Waals surface area (Å²) in [6, 6.07) is 11.8. The molecule has 0 bridgehead atoms. The van der Waals surface area contributed by atoms with Gasteiger partial charge in [-0.05, 0) is 34.1 Å². The van der Waals surface area contributed by atoms with Gasteiger partial charge in [0, 0.05) is 24.8 Å². The van der Waals surface area contributed by atoms with Crippen molar-refractivity contribution in [2.24, 2.45) is 5.73 Å². The fraction of sp³-hybridized carbons (Fsp3) is 0.143. The minimum Gasteiger partial charge on any atom is -0.393 e. The van der Waals surface area contributed by atoms with Gasteiger partial charge < -0.3 is 10.6 Å². The summed E-state index contributed by atoms with van der Waals surface area (Å²) in [6.45, 7) is 0.659. The average molecular weight is 371 g/mol. The summed E-state index contributed by atoms with van der Waals surface area (Å²) in [6.07, 6.45) is 2.24. The second-order valence-corrected chi connectivity index (χ2v) is 5.98. The third-order valence-corrected chi connectivity index (χ3v) is 3.69. The van der Waals surface area contributed by atoms with Gasteiger partial charge in [0.25, 0.3) is 0 Å². The van der Waals surface area contributed by atoms with Crippen molar-refractivity contribution in [3.63, 3.8) is 0 Å². The summed E-state index contributed by atoms with van der Waals surface area (Å²) in [5.74, 6) is 0.789. The molecule has 0 amide bonds. The Bertz CT molecular complexity index is 607. The summed E-state index contributed by atoms with van der Waals surface area (Å²) in [5.41, 5.74) is 6.64. The second kappa shape index (κ2) is 7.02. The number of rotatable bonds is 5. The van der Waals surface area contributed by atoms with Crippen molar-refractivity contribution in [3.8, 4) is 0 Å². The zero-order valence-electron chi connectivity index (χ0n) is 10.6. The summed E-state index contributed by atoms with van der Waals surface area (Å²) in [7, 11) is 0. The van der Waals surface area contributed by atoms with E-state index in [0.717, 1.165) is 16.0 Å². The Morgan fingerprint density at radius 3 is 2.65 bits per heavy atom. The summed E-state index contributed by atoms with van der Waals surface area (Å²) >= 11 is 14.4. The van der Waals surface area contributed by atoms with Gasteiger partial charge in [0.05, 0.1) is 14.5 Å². The van der Waals surface area contributed by atoms with Crippen LogP contribution in [0.5, 0.6) is 0 Å². The van der Waals surface area contributed by atoms with Crippen LogP contribution in [0, 0.1) is 0 Å². The third-order valence-electron chi connectivity index (χ3n) is 2.69. The molecular weight excluding hydrogens is 358 g/mol. The molecule has 2 aromatic rings. The number of benzene rings is 1. The number of nitrogens with zero attached hydrogens (tertiary/aromatic N) is 2. The van der Waals surface area contributed by atoms with Gasteiger partial charge in [-0.15, -0.1) is 0 Å². The molecule has 0 aliphatic carbocycles. The Morgan fingerprint density at radius 2 is 2.05 bits per heavy atom. The van der Waals surface area contributed by atoms with E-state index in [9.17, 15) is 0 Å². The minimum atomic E-state index is 0.482. The van der Waals surface area contributed by atoms with E-state index in [0.29, 0.717) is 23.0 Å². The van der Waals surface area contributed by atoms with Crippen LogP contribution in [0.15, 0.2) is 47.1 Å². The molecule has 6 heteroatoms. The van der Waals surface area contributed by atoms with Gasteiger partial charge in [0.2, 0.25) is 0 Å². The highest BCUT2D eigenvalue weighted by molar-refractivity contribution is 9.10. The van der Waals surface area contributed by atoms with Crippen LogP contribution in [0.1, 0.15) is 6.42 Å². The first-order chi connectivity index (χ1) is 9.58. The van der Waals surface area contributed by atoms with Gasteiger partial charge in [-0.25, -0.2) is 4.98 Å². The smallest absolute Gasteiger partial charge is 0.147 e. The molecule has 3 nitrogen and oxygen atoms in total. The Morgan fingerprint density at radius 1 is 1.35 bits per heavy atom. The van der Waals surface area contributed by atoms with Gasteiger partial charge in [-0.1, -0.05) is 42.0 Å². The highest BCUT2D eigenvalue weighted by Crippen LogP contribution is 2.31. The maximum absolute atomic E-state index is 5.94. The van der Waals surface area contributed by atoms with E-state index < -0.39 is 0 Å². The number of hydrogen-bond acceptors (Lipinski definition) is 3. The number of para-hydroxylation sites is 1. The molecular formula is C14H13BrClN3S. The van der Waals surface area contributed by atoms with E-state index in [4.69, 9.17) is 29.6 Å². The fourth-order valence-corrected chi connectivity index (χ4v) is 2.74. The quantitative estimate of drug-likeness (QED) is 0.796. The third kappa shape index (κ3) is 3.91. The number of hydrogen-bond donors (Lipinski definition) is 1. The number of nitrogens with two attached hydrogens (primary N) is 1. The van der Waals surface area contributed by atoms with Crippen LogP contribution in [-0.4, -0.2) is 16.5 Å². The van der Waals surface area contributed by atoms with Crippen LogP contribution >= 0.6 is 39.7 Å². The average Bonchev–Trinajstić information content (AvgIpc) is 2.42. The largest absolute Gasteiger partial charge is 0.393 e.